The van der Waals surface area contributed by atoms with Gasteiger partial charge in [0.2, 0.25) is 0 Å². The Morgan fingerprint density at radius 3 is 2.94 bits per heavy atom. The van der Waals surface area contributed by atoms with Crippen molar-refractivity contribution in [3.63, 3.8) is 0 Å². The number of nitrogens with two attached hydrogens (primary N) is 1. The molecule has 1 aromatic heterocycles. The van der Waals surface area contributed by atoms with Gasteiger partial charge in [0.05, 0.1) is 17.7 Å². The first-order valence-electron chi connectivity index (χ1n) is 6.00. The largest absolute Gasteiger partial charge is 0.397 e. The summed E-state index contributed by atoms with van der Waals surface area (Å²) in [5.74, 6) is 0. The minimum Gasteiger partial charge on any atom is -0.397 e. The van der Waals surface area contributed by atoms with Gasteiger partial charge in [0, 0.05) is 30.0 Å². The van der Waals surface area contributed by atoms with E-state index >= 15 is 0 Å². The number of halogens is 1. The molecule has 0 radical (unpaired) electrons. The molecule has 0 spiro atoms. The number of nitrogen functional groups attached to an aromatic ring is 1. The first-order chi connectivity index (χ1) is 8.75. The van der Waals surface area contributed by atoms with Crippen LogP contribution in [-0.2, 0) is 6.54 Å². The molecule has 0 amide bonds. The average molecular weight is 309 g/mol. The highest BCUT2D eigenvalue weighted by Gasteiger charge is 1.98. The van der Waals surface area contributed by atoms with Crippen molar-refractivity contribution in [3.8, 4) is 0 Å². The van der Waals surface area contributed by atoms with Gasteiger partial charge in [0.25, 0.3) is 0 Å². The minimum atomic E-state index is 0.777. The Bertz CT molecular complexity index is 482. The third-order valence-electron chi connectivity index (χ3n) is 2.73. The highest BCUT2D eigenvalue weighted by atomic mass is 79.9. The smallest absolute Gasteiger partial charge is 0.0945 e. The van der Waals surface area contributed by atoms with Crippen LogP contribution in [0.1, 0.15) is 12.8 Å². The number of nitrogens with one attached hydrogen (secondary N) is 1. The quantitative estimate of drug-likeness (QED) is 0.637. The van der Waals surface area contributed by atoms with E-state index in [1.165, 1.54) is 0 Å². The molecule has 0 bridgehead atoms. The maximum atomic E-state index is 5.91. The monoisotopic (exact) mass is 308 g/mol. The highest BCUT2D eigenvalue weighted by Crippen LogP contribution is 2.22. The fourth-order valence-electron chi connectivity index (χ4n) is 1.76. The van der Waals surface area contributed by atoms with E-state index in [0.717, 1.165) is 41.8 Å². The highest BCUT2D eigenvalue weighted by molar-refractivity contribution is 9.10. The predicted molar refractivity (Wildman–Crippen MR) is 78.5 cm³/mol. The molecule has 4 nitrogen and oxygen atoms in total. The minimum absolute atomic E-state index is 0.777. The first kappa shape index (κ1) is 13.0. The summed E-state index contributed by atoms with van der Waals surface area (Å²) < 4.78 is 3.10. The number of hydrogen-bond donors (Lipinski definition) is 2. The fourth-order valence-corrected chi connectivity index (χ4v) is 2.13. The summed E-state index contributed by atoms with van der Waals surface area (Å²) in [6, 6.07) is 5.90. The summed E-state index contributed by atoms with van der Waals surface area (Å²) in [5.41, 5.74) is 7.69. The fraction of sp³-hybridized carbons (Fsp3) is 0.308. The Morgan fingerprint density at radius 1 is 1.33 bits per heavy atom. The molecule has 0 fully saturated rings. The lowest BCUT2D eigenvalue weighted by Crippen LogP contribution is -2.05. The van der Waals surface area contributed by atoms with Gasteiger partial charge in [-0.25, -0.2) is 4.98 Å². The Morgan fingerprint density at radius 2 is 2.22 bits per heavy atom. The molecule has 2 aromatic rings. The van der Waals surface area contributed by atoms with Crippen LogP contribution in [0, 0.1) is 0 Å². The molecule has 18 heavy (non-hydrogen) atoms. The Kier molecular flexibility index (Phi) is 4.64. The molecule has 0 aliphatic rings. The van der Waals surface area contributed by atoms with Gasteiger partial charge in [-0.3, -0.25) is 0 Å². The van der Waals surface area contributed by atoms with Crippen LogP contribution < -0.4 is 11.1 Å². The summed E-state index contributed by atoms with van der Waals surface area (Å²) >= 11 is 3.39. The van der Waals surface area contributed by atoms with Crippen LogP contribution in [0.25, 0.3) is 0 Å². The lowest BCUT2D eigenvalue weighted by Gasteiger charge is -2.09. The molecule has 1 heterocycles. The van der Waals surface area contributed by atoms with Crippen molar-refractivity contribution < 1.29 is 0 Å². The van der Waals surface area contributed by atoms with Gasteiger partial charge in [-0.05, 0) is 31.0 Å². The maximum absolute atomic E-state index is 5.91. The topological polar surface area (TPSA) is 55.9 Å². The molecule has 0 saturated carbocycles. The van der Waals surface area contributed by atoms with E-state index in [9.17, 15) is 0 Å². The van der Waals surface area contributed by atoms with E-state index in [1.54, 1.807) is 6.20 Å². The second-order valence-electron chi connectivity index (χ2n) is 4.17. The normalized spacial score (nSPS) is 10.5. The van der Waals surface area contributed by atoms with Gasteiger partial charge in [-0.1, -0.05) is 15.9 Å². The van der Waals surface area contributed by atoms with E-state index in [2.05, 4.69) is 30.8 Å². The number of benzene rings is 1. The molecule has 0 atom stereocenters. The second-order valence-corrected chi connectivity index (χ2v) is 5.08. The maximum Gasteiger partial charge on any atom is 0.0945 e. The lowest BCUT2D eigenvalue weighted by molar-refractivity contribution is 0.621. The van der Waals surface area contributed by atoms with Crippen molar-refractivity contribution in [1.29, 1.82) is 0 Å². The number of hydrogen-bond acceptors (Lipinski definition) is 3. The standard InChI is InChI=1S/C13H17BrN4/c14-11-3-4-13(12(15)9-11)17-5-1-2-7-18-8-6-16-10-18/h3-4,6,8-10,17H,1-2,5,7,15H2. The number of unbranched alkanes of at least 4 members (excludes halogenated alkanes) is 1. The number of anilines is 2. The van der Waals surface area contributed by atoms with Gasteiger partial charge in [-0.15, -0.1) is 0 Å². The summed E-state index contributed by atoms with van der Waals surface area (Å²) in [4.78, 5) is 4.01. The molecular weight excluding hydrogens is 292 g/mol. The van der Waals surface area contributed by atoms with Crippen LogP contribution in [-0.4, -0.2) is 16.1 Å². The molecule has 96 valence electrons. The van der Waals surface area contributed by atoms with Crippen LogP contribution in [0.5, 0.6) is 0 Å². The van der Waals surface area contributed by atoms with Gasteiger partial charge < -0.3 is 15.6 Å². The number of rotatable bonds is 6. The first-order valence-corrected chi connectivity index (χ1v) is 6.79. The molecule has 1 aromatic carbocycles. The third kappa shape index (κ3) is 3.77. The van der Waals surface area contributed by atoms with Crippen LogP contribution >= 0.6 is 15.9 Å². The van der Waals surface area contributed by atoms with E-state index in [-0.39, 0.29) is 0 Å². The van der Waals surface area contributed by atoms with Crippen molar-refractivity contribution in [1.82, 2.24) is 9.55 Å². The van der Waals surface area contributed by atoms with Gasteiger partial charge in [0.1, 0.15) is 0 Å². The molecule has 5 heteroatoms. The van der Waals surface area contributed by atoms with Crippen molar-refractivity contribution in [2.45, 2.75) is 19.4 Å². The molecular formula is C13H17BrN4. The number of imidazole rings is 1. The van der Waals surface area contributed by atoms with Gasteiger partial charge in [0.15, 0.2) is 0 Å². The molecule has 0 aliphatic carbocycles. The zero-order valence-electron chi connectivity index (χ0n) is 10.1. The van der Waals surface area contributed by atoms with Crippen molar-refractivity contribution >= 4 is 27.3 Å². The molecule has 2 rings (SSSR count). The zero-order valence-corrected chi connectivity index (χ0v) is 11.7. The summed E-state index contributed by atoms with van der Waals surface area (Å²) in [6.07, 6.45) is 7.87. The van der Waals surface area contributed by atoms with Crippen molar-refractivity contribution in [2.24, 2.45) is 0 Å². The second kappa shape index (κ2) is 6.44. The average Bonchev–Trinajstić information content (AvgIpc) is 2.84. The van der Waals surface area contributed by atoms with E-state index < -0.39 is 0 Å². The van der Waals surface area contributed by atoms with Gasteiger partial charge >= 0.3 is 0 Å². The third-order valence-corrected chi connectivity index (χ3v) is 3.22. The summed E-state index contributed by atoms with van der Waals surface area (Å²) in [7, 11) is 0. The van der Waals surface area contributed by atoms with Crippen molar-refractivity contribution in [2.75, 3.05) is 17.6 Å². The lowest BCUT2D eigenvalue weighted by atomic mass is 10.2. The van der Waals surface area contributed by atoms with Crippen LogP contribution in [0.4, 0.5) is 11.4 Å². The van der Waals surface area contributed by atoms with E-state index in [0.29, 0.717) is 0 Å². The summed E-state index contributed by atoms with van der Waals surface area (Å²) in [6.45, 7) is 1.94. The molecule has 0 aliphatic heterocycles. The Labute approximate surface area is 115 Å². The van der Waals surface area contributed by atoms with Crippen molar-refractivity contribution in [3.05, 3.63) is 41.4 Å². The van der Waals surface area contributed by atoms with Crippen LogP contribution in [0.3, 0.4) is 0 Å². The zero-order chi connectivity index (χ0) is 12.8. The van der Waals surface area contributed by atoms with Crippen LogP contribution in [0.15, 0.2) is 41.4 Å². The number of aryl methyl sites for hydroxylation is 1. The summed E-state index contributed by atoms with van der Waals surface area (Å²) in [5, 5.41) is 3.35. The predicted octanol–water partition coefficient (Wildman–Crippen LogP) is 3.12. The number of nitrogens with zero attached hydrogens (tertiary/aromatic N) is 2. The molecule has 0 unspecified atom stereocenters. The van der Waals surface area contributed by atoms with E-state index in [4.69, 9.17) is 5.73 Å². The molecule has 3 N–H and O–H groups in total. The SMILES string of the molecule is Nc1cc(Br)ccc1NCCCCn1ccnc1. The Balaban J connectivity index is 1.69. The van der Waals surface area contributed by atoms with E-state index in [1.807, 2.05) is 30.7 Å². The number of aromatic nitrogens is 2. The van der Waals surface area contributed by atoms with Gasteiger partial charge in [-0.2, -0.15) is 0 Å². The van der Waals surface area contributed by atoms with Crippen LogP contribution in [0.2, 0.25) is 0 Å². The molecule has 0 saturated heterocycles. The Hall–Kier alpha value is -1.49.